The molecule has 0 aliphatic carbocycles. The van der Waals surface area contributed by atoms with Gasteiger partial charge in [-0.2, -0.15) is 15.3 Å². The first kappa shape index (κ1) is 64.8. The van der Waals surface area contributed by atoms with Crippen molar-refractivity contribution in [1.29, 1.82) is 0 Å². The minimum absolute atomic E-state index is 0.0394. The Morgan fingerprint density at radius 1 is 0.406 bits per heavy atom. The summed E-state index contributed by atoms with van der Waals surface area (Å²) in [5, 5.41) is 58.1. The number of rotatable bonds is 10. The number of hydrogen-bond donors (Lipinski definition) is 6. The second-order valence-corrected chi connectivity index (χ2v) is 26.8. The lowest BCUT2D eigenvalue weighted by Gasteiger charge is -2.26. The summed E-state index contributed by atoms with van der Waals surface area (Å²) in [4.78, 5) is 0. The van der Waals surface area contributed by atoms with Gasteiger partial charge in [0.05, 0.1) is 57.3 Å². The van der Waals surface area contributed by atoms with E-state index in [4.69, 9.17) is 14.2 Å². The van der Waals surface area contributed by atoms with E-state index in [-0.39, 0.29) is 35.0 Å². The van der Waals surface area contributed by atoms with Gasteiger partial charge in [-0.15, -0.1) is 0 Å². The molecule has 3 aliphatic heterocycles. The average molecular weight is 1360 g/mol. The van der Waals surface area contributed by atoms with Crippen molar-refractivity contribution in [2.75, 3.05) is 39.6 Å². The Hall–Kier alpha value is -10.9. The Labute approximate surface area is 576 Å². The smallest absolute Gasteiger partial charge is 0.187 e. The highest BCUT2D eigenvalue weighted by Crippen LogP contribution is 2.49. The zero-order valence-corrected chi connectivity index (χ0v) is 55.3. The van der Waals surface area contributed by atoms with Crippen molar-refractivity contribution >= 4 is 65.4 Å². The first-order chi connectivity index (χ1) is 49.1. The molecule has 9 heterocycles. The summed E-state index contributed by atoms with van der Waals surface area (Å²) in [5.41, 5.74) is 16.7. The van der Waals surface area contributed by atoms with Crippen LogP contribution < -0.4 is 0 Å². The quantitative estimate of drug-likeness (QED) is 0.0724. The molecule has 9 aromatic carbocycles. The van der Waals surface area contributed by atoms with Gasteiger partial charge in [0.25, 0.3) is 0 Å². The van der Waals surface area contributed by atoms with E-state index in [1.54, 1.807) is 38.2 Å². The largest absolute Gasteiger partial charge is 0.508 e. The maximum absolute atomic E-state index is 14.5. The van der Waals surface area contributed by atoms with Gasteiger partial charge in [0.2, 0.25) is 0 Å². The van der Waals surface area contributed by atoms with Crippen molar-refractivity contribution in [2.24, 2.45) is 0 Å². The maximum atomic E-state index is 14.5. The van der Waals surface area contributed by atoms with Crippen LogP contribution >= 0.6 is 0 Å². The van der Waals surface area contributed by atoms with Crippen LogP contribution in [0.4, 0.5) is 22.0 Å². The second kappa shape index (κ2) is 26.6. The summed E-state index contributed by atoms with van der Waals surface area (Å²) in [5.74, 6) is -3.10. The number of H-pyrrole nitrogens is 3. The Morgan fingerprint density at radius 3 is 1.10 bits per heavy atom. The summed E-state index contributed by atoms with van der Waals surface area (Å²) in [6.07, 6.45) is 10.5. The van der Waals surface area contributed by atoms with E-state index in [9.17, 15) is 37.3 Å². The van der Waals surface area contributed by atoms with Crippen LogP contribution in [0, 0.1) is 29.1 Å². The number of fused-ring (bicyclic) bond motifs is 6. The number of phenols is 2. The third-order valence-corrected chi connectivity index (χ3v) is 20.1. The molecule has 101 heavy (non-hydrogen) atoms. The van der Waals surface area contributed by atoms with Gasteiger partial charge in [-0.05, 0) is 208 Å². The van der Waals surface area contributed by atoms with Gasteiger partial charge in [0.1, 0.15) is 23.2 Å². The first-order valence-electron chi connectivity index (χ1n) is 34.0. The second-order valence-electron chi connectivity index (χ2n) is 26.8. The van der Waals surface area contributed by atoms with Crippen molar-refractivity contribution in [3.8, 4) is 61.9 Å². The van der Waals surface area contributed by atoms with E-state index in [2.05, 4.69) is 76.1 Å². The summed E-state index contributed by atoms with van der Waals surface area (Å²) in [6, 6.07) is 49.9. The van der Waals surface area contributed by atoms with Crippen LogP contribution in [0.25, 0.3) is 116 Å². The number of nitrogens with one attached hydrogen (secondary N) is 3. The van der Waals surface area contributed by atoms with Crippen molar-refractivity contribution in [3.63, 3.8) is 0 Å². The molecule has 0 amide bonds. The summed E-state index contributed by atoms with van der Waals surface area (Å²) in [6.45, 7) is 7.58. The molecule has 3 fully saturated rings. The molecule has 6 aromatic heterocycles. The third-order valence-electron chi connectivity index (χ3n) is 20.1. The van der Waals surface area contributed by atoms with Crippen LogP contribution in [0.3, 0.4) is 0 Å². The van der Waals surface area contributed by atoms with E-state index in [0.717, 1.165) is 180 Å². The Balaban J connectivity index is 0.000000118. The van der Waals surface area contributed by atoms with Gasteiger partial charge < -0.3 is 43.2 Å². The van der Waals surface area contributed by atoms with Gasteiger partial charge >= 0.3 is 0 Å². The number of ether oxygens (including phenoxy) is 3. The highest BCUT2D eigenvalue weighted by molar-refractivity contribution is 6.08. The molecule has 20 heteroatoms. The van der Waals surface area contributed by atoms with E-state index in [1.807, 2.05) is 83.7 Å². The summed E-state index contributed by atoms with van der Waals surface area (Å²) >= 11 is 0. The minimum atomic E-state index is -1.03. The monoisotopic (exact) mass is 1360 g/mol. The minimum Gasteiger partial charge on any atom is -0.508 e. The van der Waals surface area contributed by atoms with Gasteiger partial charge in [-0.25, -0.2) is 22.0 Å². The van der Waals surface area contributed by atoms with Gasteiger partial charge in [0, 0.05) is 141 Å². The zero-order chi connectivity index (χ0) is 69.2. The van der Waals surface area contributed by atoms with Crippen LogP contribution in [0.15, 0.2) is 188 Å². The lowest BCUT2D eigenvalue weighted by molar-refractivity contribution is 0.0786. The molecular formula is C81H70F5N9O6. The van der Waals surface area contributed by atoms with Crippen LogP contribution in [0.5, 0.6) is 11.5 Å². The predicted octanol–water partition coefficient (Wildman–Crippen LogP) is 18.5. The van der Waals surface area contributed by atoms with Crippen molar-refractivity contribution in [1.82, 2.24) is 44.3 Å². The maximum Gasteiger partial charge on any atom is 0.187 e. The molecule has 3 aliphatic rings. The summed E-state index contributed by atoms with van der Waals surface area (Å²) < 4.78 is 94.0. The molecule has 18 rings (SSSR count). The van der Waals surface area contributed by atoms with E-state index in [0.29, 0.717) is 43.5 Å². The molecule has 15 aromatic rings. The van der Waals surface area contributed by atoms with Crippen LogP contribution in [0.2, 0.25) is 0 Å². The molecule has 0 atom stereocenters. The number of hydrogen-bond acceptors (Lipinski definition) is 9. The molecule has 15 nitrogen and oxygen atoms in total. The lowest BCUT2D eigenvalue weighted by Crippen LogP contribution is -2.17. The highest BCUT2D eigenvalue weighted by Gasteiger charge is 2.33. The molecule has 0 bridgehead atoms. The Kier molecular flexibility index (Phi) is 17.1. The fourth-order valence-corrected chi connectivity index (χ4v) is 15.2. The number of aromatic nitrogens is 9. The average Bonchev–Trinajstić information content (AvgIpc) is 1.59. The number of aliphatic hydroxyl groups is 1. The zero-order valence-electron chi connectivity index (χ0n) is 55.3. The van der Waals surface area contributed by atoms with Gasteiger partial charge in [-0.1, -0.05) is 36.4 Å². The van der Waals surface area contributed by atoms with Crippen LogP contribution in [0.1, 0.15) is 92.8 Å². The number of aromatic amines is 3. The van der Waals surface area contributed by atoms with Crippen molar-refractivity contribution in [3.05, 3.63) is 240 Å². The Morgan fingerprint density at radius 2 is 0.752 bits per heavy atom. The third kappa shape index (κ3) is 12.2. The molecule has 3 saturated heterocycles. The molecule has 0 saturated carbocycles. The number of benzene rings is 9. The normalized spacial score (nSPS) is 15.1. The summed E-state index contributed by atoms with van der Waals surface area (Å²) in [7, 11) is 0. The fourth-order valence-electron chi connectivity index (χ4n) is 15.2. The molecule has 0 unspecified atom stereocenters. The molecule has 510 valence electrons. The predicted molar refractivity (Wildman–Crippen MR) is 382 cm³/mol. The molecule has 0 radical (unpaired) electrons. The van der Waals surface area contributed by atoms with Crippen LogP contribution in [-0.4, -0.2) is 99.3 Å². The number of phenolic OH excluding ortho intramolecular Hbond substituents is 2. The van der Waals surface area contributed by atoms with E-state index >= 15 is 0 Å². The van der Waals surface area contributed by atoms with Crippen molar-refractivity contribution < 1.29 is 51.5 Å². The number of nitrogens with zero attached hydrogens (tertiary/aromatic N) is 6. The SMILES string of the molecule is CC(C)(O)c1ccc(-c2c(C3CCOCC3)n(-c3ccc(F)cc3)c3cc4cn[nH]c4cc23)cc1.Oc1c(F)cc(-c2c(C3CCOCC3)n(-c3ccc(F)cc3)c3cc4cn[nH]c4cc23)cc1F.Oc1cccc(-c2c(C3CCOCC3)n(-c3ccc(F)cc3)c3cc4cn[nH]c4cc23)c1. The first-order valence-corrected chi connectivity index (χ1v) is 34.0. The lowest BCUT2D eigenvalue weighted by atomic mass is 9.88. The number of halogens is 5. The topological polar surface area (TPSA) is 189 Å². The van der Waals surface area contributed by atoms with E-state index < -0.39 is 23.0 Å². The highest BCUT2D eigenvalue weighted by atomic mass is 19.1. The van der Waals surface area contributed by atoms with E-state index in [1.165, 1.54) is 47.8 Å². The standard InChI is InChI=1S/C29H28FN3O2.C26H20F3N3O2.C26H22FN3O2/c1-29(2,34)21-5-3-18(4-6-21)27-24-16-25-20(17-31-32-25)15-26(24)33(23-9-7-22(30)8-10-23)28(27)19-11-13-35-14-12-19;27-17-1-3-18(4-2-17)32-23-11-16-13-30-31-22(16)12-19(23)24(25(32)14-5-7-34-8-6-14)15-9-20(28)26(33)21(29)10-15;27-19-4-6-20(7-5-19)30-24-13-18-15-28-29-23(18)14-22(24)25(17-2-1-3-21(31)12-17)26(30)16-8-10-32-11-9-16/h3-10,15-17,19,34H,11-14H2,1-2H3,(H,31,32);1-4,9-14,33H,5-8H2,(H,30,31);1-7,12-16,31H,8-11H2,(H,28,29). The fraction of sp³-hybridized carbons (Fsp3) is 0.222. The molecular weight excluding hydrogens is 1290 g/mol. The number of aromatic hydroxyl groups is 2. The van der Waals surface area contributed by atoms with Gasteiger partial charge in [-0.3, -0.25) is 15.3 Å². The van der Waals surface area contributed by atoms with Gasteiger partial charge in [0.15, 0.2) is 17.4 Å². The Bertz CT molecular complexity index is 5530. The van der Waals surface area contributed by atoms with Crippen LogP contribution in [-0.2, 0) is 19.8 Å². The molecule has 0 spiro atoms. The van der Waals surface area contributed by atoms with Crippen molar-refractivity contribution in [2.45, 2.75) is 75.7 Å². The molecule has 6 N–H and O–H groups in total.